The van der Waals surface area contributed by atoms with Crippen molar-refractivity contribution in [3.05, 3.63) is 77.1 Å². The van der Waals surface area contributed by atoms with Gasteiger partial charge in [0.2, 0.25) is 5.95 Å². The molecule has 2 heterocycles. The number of rotatable bonds is 4. The summed E-state index contributed by atoms with van der Waals surface area (Å²) in [5.74, 6) is 0.0486. The highest BCUT2D eigenvalue weighted by molar-refractivity contribution is 6.31. The lowest BCUT2D eigenvalue weighted by atomic mass is 10.0. The van der Waals surface area contributed by atoms with Crippen LogP contribution in [-0.2, 0) is 4.74 Å². The van der Waals surface area contributed by atoms with Gasteiger partial charge in [0.25, 0.3) is 0 Å². The van der Waals surface area contributed by atoms with Gasteiger partial charge >= 0.3 is 5.97 Å². The lowest BCUT2D eigenvalue weighted by Crippen LogP contribution is -2.14. The summed E-state index contributed by atoms with van der Waals surface area (Å²) in [5, 5.41) is 1.66. The molecule has 0 fully saturated rings. The molecular formula is C22H18ClN3O2. The van der Waals surface area contributed by atoms with Crippen LogP contribution in [0.3, 0.4) is 0 Å². The minimum Gasteiger partial charge on any atom is -0.462 e. The molecule has 0 unspecified atom stereocenters. The zero-order valence-electron chi connectivity index (χ0n) is 15.5. The van der Waals surface area contributed by atoms with Crippen LogP contribution in [0.5, 0.6) is 0 Å². The number of esters is 1. The largest absolute Gasteiger partial charge is 0.462 e. The molecule has 2 aromatic heterocycles. The van der Waals surface area contributed by atoms with E-state index in [0.717, 1.165) is 16.5 Å². The minimum absolute atomic E-state index is 0.287. The zero-order valence-corrected chi connectivity index (χ0v) is 16.3. The van der Waals surface area contributed by atoms with Crippen molar-refractivity contribution >= 4 is 28.5 Å². The second-order valence-corrected chi connectivity index (χ2v) is 6.74. The van der Waals surface area contributed by atoms with Crippen LogP contribution in [0.25, 0.3) is 28.1 Å². The second kappa shape index (κ2) is 7.44. The summed E-state index contributed by atoms with van der Waals surface area (Å²) in [6.07, 6.45) is 1.90. The molecule has 140 valence electrons. The van der Waals surface area contributed by atoms with Crippen LogP contribution < -0.4 is 0 Å². The first-order chi connectivity index (χ1) is 13.6. The Hall–Kier alpha value is -3.18. The fourth-order valence-electron chi connectivity index (χ4n) is 3.19. The molecule has 0 spiro atoms. The maximum absolute atomic E-state index is 12.6. The molecule has 0 aliphatic rings. The number of benzene rings is 2. The van der Waals surface area contributed by atoms with Crippen LogP contribution in [0.1, 0.15) is 23.0 Å². The fraction of sp³-hybridized carbons (Fsp3) is 0.136. The Morgan fingerprint density at radius 1 is 1.11 bits per heavy atom. The first-order valence-corrected chi connectivity index (χ1v) is 9.34. The Morgan fingerprint density at radius 3 is 2.64 bits per heavy atom. The summed E-state index contributed by atoms with van der Waals surface area (Å²) in [5.41, 5.74) is 3.21. The van der Waals surface area contributed by atoms with Crippen molar-refractivity contribution in [3.8, 4) is 17.2 Å². The molecule has 4 aromatic rings. The van der Waals surface area contributed by atoms with Gasteiger partial charge in [0.15, 0.2) is 0 Å². The van der Waals surface area contributed by atoms with Gasteiger partial charge in [-0.3, -0.25) is 4.57 Å². The summed E-state index contributed by atoms with van der Waals surface area (Å²) in [4.78, 5) is 21.9. The topological polar surface area (TPSA) is 57.0 Å². The Bertz CT molecular complexity index is 1170. The summed E-state index contributed by atoms with van der Waals surface area (Å²) in [6, 6.07) is 17.2. The Balaban J connectivity index is 1.96. The molecule has 0 aliphatic heterocycles. The van der Waals surface area contributed by atoms with E-state index in [1.54, 1.807) is 13.8 Å². The highest BCUT2D eigenvalue weighted by Gasteiger charge is 2.22. The van der Waals surface area contributed by atoms with Crippen molar-refractivity contribution in [2.75, 3.05) is 6.61 Å². The number of hydrogen-bond acceptors (Lipinski definition) is 4. The third-order valence-electron chi connectivity index (χ3n) is 4.48. The third-order valence-corrected chi connectivity index (χ3v) is 4.71. The van der Waals surface area contributed by atoms with Crippen LogP contribution in [0.15, 0.2) is 60.8 Å². The number of carbonyl (C=O) groups excluding carboxylic acids is 1. The third kappa shape index (κ3) is 3.25. The number of hydrogen-bond donors (Lipinski definition) is 0. The molecule has 5 nitrogen and oxygen atoms in total. The van der Waals surface area contributed by atoms with Crippen molar-refractivity contribution in [3.63, 3.8) is 0 Å². The quantitative estimate of drug-likeness (QED) is 0.447. The zero-order chi connectivity index (χ0) is 19.7. The van der Waals surface area contributed by atoms with E-state index in [2.05, 4.69) is 4.98 Å². The molecule has 0 N–H and O–H groups in total. The molecule has 4 rings (SSSR count). The van der Waals surface area contributed by atoms with E-state index in [0.29, 0.717) is 27.9 Å². The molecule has 6 heteroatoms. The van der Waals surface area contributed by atoms with Gasteiger partial charge in [0, 0.05) is 22.2 Å². The highest BCUT2D eigenvalue weighted by atomic mass is 35.5. The SMILES string of the molecule is CCOC(=O)c1c(C)nc(-n2ccc3ccc(Cl)cc32)nc1-c1ccccc1. The van der Waals surface area contributed by atoms with Gasteiger partial charge in [-0.2, -0.15) is 0 Å². The van der Waals surface area contributed by atoms with Crippen molar-refractivity contribution in [1.29, 1.82) is 0 Å². The molecule has 0 saturated carbocycles. The van der Waals surface area contributed by atoms with Gasteiger partial charge in [0.05, 0.1) is 23.5 Å². The summed E-state index contributed by atoms with van der Waals surface area (Å²) < 4.78 is 7.11. The monoisotopic (exact) mass is 391 g/mol. The van der Waals surface area contributed by atoms with E-state index < -0.39 is 5.97 Å². The van der Waals surface area contributed by atoms with Crippen molar-refractivity contribution < 1.29 is 9.53 Å². The number of halogens is 1. The second-order valence-electron chi connectivity index (χ2n) is 6.31. The van der Waals surface area contributed by atoms with Gasteiger partial charge in [-0.15, -0.1) is 0 Å². The Morgan fingerprint density at radius 2 is 1.89 bits per heavy atom. The van der Waals surface area contributed by atoms with Gasteiger partial charge < -0.3 is 4.74 Å². The van der Waals surface area contributed by atoms with E-state index in [4.69, 9.17) is 21.3 Å². The van der Waals surface area contributed by atoms with E-state index in [-0.39, 0.29) is 6.61 Å². The lowest BCUT2D eigenvalue weighted by Gasteiger charge is -2.14. The maximum atomic E-state index is 12.6. The van der Waals surface area contributed by atoms with Crippen molar-refractivity contribution in [1.82, 2.24) is 14.5 Å². The van der Waals surface area contributed by atoms with Gasteiger partial charge in [-0.25, -0.2) is 14.8 Å². The number of aryl methyl sites for hydroxylation is 1. The predicted octanol–water partition coefficient (Wildman–Crippen LogP) is 5.23. The molecule has 0 saturated heterocycles. The average molecular weight is 392 g/mol. The van der Waals surface area contributed by atoms with Crippen LogP contribution in [0, 0.1) is 6.92 Å². The van der Waals surface area contributed by atoms with Crippen LogP contribution >= 0.6 is 11.6 Å². The van der Waals surface area contributed by atoms with Crippen LogP contribution in [0.4, 0.5) is 0 Å². The molecule has 0 radical (unpaired) electrons. The lowest BCUT2D eigenvalue weighted by molar-refractivity contribution is 0.0525. The number of ether oxygens (including phenoxy) is 1. The van der Waals surface area contributed by atoms with E-state index >= 15 is 0 Å². The summed E-state index contributed by atoms with van der Waals surface area (Å²) in [6.45, 7) is 3.86. The van der Waals surface area contributed by atoms with Gasteiger partial charge in [0.1, 0.15) is 5.56 Å². The van der Waals surface area contributed by atoms with Gasteiger partial charge in [-0.1, -0.05) is 48.0 Å². The highest BCUT2D eigenvalue weighted by Crippen LogP contribution is 2.28. The molecule has 0 atom stereocenters. The molecular weight excluding hydrogens is 374 g/mol. The fourth-order valence-corrected chi connectivity index (χ4v) is 3.36. The summed E-state index contributed by atoms with van der Waals surface area (Å²) >= 11 is 6.18. The summed E-state index contributed by atoms with van der Waals surface area (Å²) in [7, 11) is 0. The minimum atomic E-state index is -0.425. The van der Waals surface area contributed by atoms with Crippen molar-refractivity contribution in [2.24, 2.45) is 0 Å². The van der Waals surface area contributed by atoms with E-state index in [9.17, 15) is 4.79 Å². The molecule has 2 aromatic carbocycles. The molecule has 0 bridgehead atoms. The first-order valence-electron chi connectivity index (χ1n) is 8.96. The molecule has 0 amide bonds. The first kappa shape index (κ1) is 18.2. The molecule has 0 aliphatic carbocycles. The molecule has 28 heavy (non-hydrogen) atoms. The van der Waals surface area contributed by atoms with E-state index in [1.807, 2.05) is 65.4 Å². The number of carbonyl (C=O) groups is 1. The van der Waals surface area contributed by atoms with Gasteiger partial charge in [-0.05, 0) is 32.0 Å². The normalized spacial score (nSPS) is 11.0. The van der Waals surface area contributed by atoms with E-state index in [1.165, 1.54) is 0 Å². The standard InChI is InChI=1S/C22H18ClN3O2/c1-3-28-21(27)19-14(2)24-22(25-20(19)16-7-5-4-6-8-16)26-12-11-15-9-10-17(23)13-18(15)26/h4-13H,3H2,1-2H3. The predicted molar refractivity (Wildman–Crippen MR) is 110 cm³/mol. The Kier molecular flexibility index (Phi) is 4.84. The number of fused-ring (bicyclic) bond motifs is 1. The number of aromatic nitrogens is 3. The van der Waals surface area contributed by atoms with Crippen LogP contribution in [0.2, 0.25) is 5.02 Å². The Labute approximate surface area is 167 Å². The van der Waals surface area contributed by atoms with Crippen molar-refractivity contribution in [2.45, 2.75) is 13.8 Å². The average Bonchev–Trinajstić information content (AvgIpc) is 3.11. The maximum Gasteiger partial charge on any atom is 0.342 e. The van der Waals surface area contributed by atoms with Crippen LogP contribution in [-0.4, -0.2) is 27.1 Å². The number of nitrogens with zero attached hydrogens (tertiary/aromatic N) is 3. The smallest absolute Gasteiger partial charge is 0.342 e.